The Balaban J connectivity index is 1.97. The standard InChI is InChI=1S/C18H20ClN3O5S/c1-9(2)20-18-21-11(8-28-18)16-22-15-10(17(23)27-16)5-6-12(14(15)19)26-7-13(24-3)25-4/h5-6,8-9,13H,7H2,1-4H3,(H,20,21). The third-order valence-electron chi connectivity index (χ3n) is 3.74. The maximum Gasteiger partial charge on any atom is 0.347 e. The maximum atomic E-state index is 12.4. The summed E-state index contributed by atoms with van der Waals surface area (Å²) in [4.78, 5) is 21.2. The molecule has 0 spiro atoms. The Morgan fingerprint density at radius 3 is 2.68 bits per heavy atom. The van der Waals surface area contributed by atoms with Gasteiger partial charge in [0.2, 0.25) is 0 Å². The summed E-state index contributed by atoms with van der Waals surface area (Å²) in [5.74, 6) is 0.453. The van der Waals surface area contributed by atoms with Gasteiger partial charge in [-0.3, -0.25) is 0 Å². The van der Waals surface area contributed by atoms with E-state index in [1.54, 1.807) is 17.5 Å². The zero-order valence-electron chi connectivity index (χ0n) is 15.8. The zero-order valence-corrected chi connectivity index (χ0v) is 17.4. The molecule has 0 atom stereocenters. The molecule has 0 aliphatic carbocycles. The zero-order chi connectivity index (χ0) is 20.3. The average molecular weight is 426 g/mol. The Kier molecular flexibility index (Phi) is 6.50. The average Bonchev–Trinajstić information content (AvgIpc) is 3.12. The van der Waals surface area contributed by atoms with E-state index in [-0.39, 0.29) is 34.5 Å². The van der Waals surface area contributed by atoms with Gasteiger partial charge in [0.05, 0.1) is 5.39 Å². The molecule has 2 heterocycles. The number of aromatic nitrogens is 2. The molecule has 0 aliphatic heterocycles. The smallest absolute Gasteiger partial charge is 0.347 e. The number of thiazole rings is 1. The number of hydrogen-bond acceptors (Lipinski definition) is 9. The predicted octanol–water partition coefficient (Wildman–Crippen LogP) is 3.78. The molecule has 2 aromatic heterocycles. The summed E-state index contributed by atoms with van der Waals surface area (Å²) >= 11 is 7.83. The fraction of sp³-hybridized carbons (Fsp3) is 0.389. The van der Waals surface area contributed by atoms with Crippen LogP contribution in [0.3, 0.4) is 0 Å². The van der Waals surface area contributed by atoms with Gasteiger partial charge < -0.3 is 23.9 Å². The minimum atomic E-state index is -0.550. The van der Waals surface area contributed by atoms with Gasteiger partial charge in [0, 0.05) is 25.6 Å². The quantitative estimate of drug-likeness (QED) is 0.544. The van der Waals surface area contributed by atoms with Gasteiger partial charge in [0.1, 0.15) is 28.6 Å². The molecular weight excluding hydrogens is 406 g/mol. The van der Waals surface area contributed by atoms with Crippen LogP contribution in [-0.4, -0.2) is 43.1 Å². The molecule has 0 saturated carbocycles. The van der Waals surface area contributed by atoms with Crippen molar-refractivity contribution in [3.8, 4) is 17.3 Å². The third-order valence-corrected chi connectivity index (χ3v) is 4.88. The van der Waals surface area contributed by atoms with Crippen molar-refractivity contribution in [1.29, 1.82) is 0 Å². The van der Waals surface area contributed by atoms with Crippen molar-refractivity contribution in [3.05, 3.63) is 33.0 Å². The molecule has 8 nitrogen and oxygen atoms in total. The highest BCUT2D eigenvalue weighted by atomic mass is 35.5. The molecule has 1 N–H and O–H groups in total. The van der Waals surface area contributed by atoms with Crippen LogP contribution in [-0.2, 0) is 9.47 Å². The van der Waals surface area contributed by atoms with Gasteiger partial charge in [-0.2, -0.15) is 0 Å². The van der Waals surface area contributed by atoms with Gasteiger partial charge >= 0.3 is 5.63 Å². The summed E-state index contributed by atoms with van der Waals surface area (Å²) in [5.41, 5.74) is 0.183. The maximum absolute atomic E-state index is 12.4. The molecule has 0 aliphatic rings. The van der Waals surface area contributed by atoms with Crippen LogP contribution in [0.5, 0.6) is 5.75 Å². The van der Waals surface area contributed by atoms with Crippen molar-refractivity contribution in [3.63, 3.8) is 0 Å². The van der Waals surface area contributed by atoms with Crippen LogP contribution in [0.25, 0.3) is 22.5 Å². The Morgan fingerprint density at radius 2 is 2.00 bits per heavy atom. The Labute approximate surface area is 170 Å². The van der Waals surface area contributed by atoms with Crippen molar-refractivity contribution < 1.29 is 18.6 Å². The molecule has 150 valence electrons. The first-order valence-electron chi connectivity index (χ1n) is 8.47. The van der Waals surface area contributed by atoms with E-state index in [1.165, 1.54) is 25.6 Å². The van der Waals surface area contributed by atoms with Gasteiger partial charge in [-0.25, -0.2) is 14.8 Å². The molecule has 10 heteroatoms. The van der Waals surface area contributed by atoms with E-state index >= 15 is 0 Å². The largest absolute Gasteiger partial charge is 0.487 e. The lowest BCUT2D eigenvalue weighted by Gasteiger charge is -2.15. The van der Waals surface area contributed by atoms with Crippen molar-refractivity contribution in [2.75, 3.05) is 26.1 Å². The van der Waals surface area contributed by atoms with E-state index in [2.05, 4.69) is 15.3 Å². The highest BCUT2D eigenvalue weighted by Crippen LogP contribution is 2.32. The van der Waals surface area contributed by atoms with Crippen LogP contribution in [0, 0.1) is 0 Å². The van der Waals surface area contributed by atoms with Gasteiger partial charge in [-0.1, -0.05) is 11.6 Å². The number of nitrogens with zero attached hydrogens (tertiary/aromatic N) is 2. The van der Waals surface area contributed by atoms with E-state index in [4.69, 9.17) is 30.2 Å². The topological polar surface area (TPSA) is 95.7 Å². The number of benzene rings is 1. The number of methoxy groups -OCH3 is 2. The molecule has 1 aromatic carbocycles. The Morgan fingerprint density at radius 1 is 1.25 bits per heavy atom. The fourth-order valence-corrected chi connectivity index (χ4v) is 3.48. The summed E-state index contributed by atoms with van der Waals surface area (Å²) in [7, 11) is 3.02. The second kappa shape index (κ2) is 8.87. The summed E-state index contributed by atoms with van der Waals surface area (Å²) < 4.78 is 21.2. The van der Waals surface area contributed by atoms with Crippen LogP contribution >= 0.6 is 22.9 Å². The summed E-state index contributed by atoms with van der Waals surface area (Å²) in [6.07, 6.45) is -0.544. The summed E-state index contributed by atoms with van der Waals surface area (Å²) in [5, 5.41) is 6.13. The number of fused-ring (bicyclic) bond motifs is 1. The number of anilines is 1. The Hall–Kier alpha value is -2.20. The molecule has 28 heavy (non-hydrogen) atoms. The van der Waals surface area contributed by atoms with E-state index in [0.29, 0.717) is 16.6 Å². The Bertz CT molecular complexity index is 1020. The molecule has 0 bridgehead atoms. The van der Waals surface area contributed by atoms with E-state index in [1.807, 2.05) is 13.8 Å². The normalized spacial score (nSPS) is 11.5. The van der Waals surface area contributed by atoms with Crippen LogP contribution in [0.2, 0.25) is 5.02 Å². The minimum Gasteiger partial charge on any atom is -0.487 e. The van der Waals surface area contributed by atoms with Crippen LogP contribution in [0.4, 0.5) is 5.13 Å². The van der Waals surface area contributed by atoms with Crippen molar-refractivity contribution in [1.82, 2.24) is 9.97 Å². The van der Waals surface area contributed by atoms with Crippen LogP contribution in [0.15, 0.2) is 26.7 Å². The highest BCUT2D eigenvalue weighted by Gasteiger charge is 2.17. The van der Waals surface area contributed by atoms with E-state index < -0.39 is 11.9 Å². The number of hydrogen-bond donors (Lipinski definition) is 1. The molecule has 0 radical (unpaired) electrons. The molecule has 0 unspecified atom stereocenters. The van der Waals surface area contributed by atoms with E-state index in [0.717, 1.165) is 0 Å². The lowest BCUT2D eigenvalue weighted by Crippen LogP contribution is -2.22. The second-order valence-electron chi connectivity index (χ2n) is 6.13. The highest BCUT2D eigenvalue weighted by molar-refractivity contribution is 7.14. The monoisotopic (exact) mass is 425 g/mol. The lowest BCUT2D eigenvalue weighted by molar-refractivity contribution is -0.121. The first-order valence-corrected chi connectivity index (χ1v) is 9.72. The second-order valence-corrected chi connectivity index (χ2v) is 7.37. The van der Waals surface area contributed by atoms with E-state index in [9.17, 15) is 4.79 Å². The number of ether oxygens (including phenoxy) is 3. The fourth-order valence-electron chi connectivity index (χ4n) is 2.38. The number of halogens is 1. The first kappa shape index (κ1) is 20.5. The van der Waals surface area contributed by atoms with Gasteiger partial charge in [-0.05, 0) is 26.0 Å². The van der Waals surface area contributed by atoms with Gasteiger partial charge in [0.25, 0.3) is 5.89 Å². The minimum absolute atomic E-state index is 0.0938. The summed E-state index contributed by atoms with van der Waals surface area (Å²) in [6.45, 7) is 4.14. The molecule has 0 amide bonds. The van der Waals surface area contributed by atoms with Gasteiger partial charge in [-0.15, -0.1) is 11.3 Å². The number of rotatable bonds is 8. The van der Waals surface area contributed by atoms with Crippen molar-refractivity contribution in [2.24, 2.45) is 0 Å². The van der Waals surface area contributed by atoms with Crippen LogP contribution in [0.1, 0.15) is 13.8 Å². The van der Waals surface area contributed by atoms with Crippen molar-refractivity contribution >= 4 is 39.0 Å². The molecule has 0 fully saturated rings. The van der Waals surface area contributed by atoms with Crippen molar-refractivity contribution in [2.45, 2.75) is 26.2 Å². The summed E-state index contributed by atoms with van der Waals surface area (Å²) in [6, 6.07) is 3.37. The van der Waals surface area contributed by atoms with Crippen LogP contribution < -0.4 is 15.7 Å². The SMILES string of the molecule is COC(COc1ccc2c(=O)oc(-c3csc(NC(C)C)n3)nc2c1Cl)OC. The molecule has 3 aromatic rings. The molecule has 3 rings (SSSR count). The third kappa shape index (κ3) is 4.44. The first-order chi connectivity index (χ1) is 13.4. The lowest BCUT2D eigenvalue weighted by atomic mass is 10.2. The number of nitrogens with one attached hydrogen (secondary N) is 1. The molecular formula is C18H20ClN3O5S. The molecule has 0 saturated heterocycles. The van der Waals surface area contributed by atoms with Gasteiger partial charge in [0.15, 0.2) is 11.4 Å². The predicted molar refractivity (Wildman–Crippen MR) is 108 cm³/mol.